The third kappa shape index (κ3) is 18.1. The van der Waals surface area contributed by atoms with Crippen LogP contribution in [0.15, 0.2) is 36.4 Å². The Labute approximate surface area is 489 Å². The fourth-order valence-corrected chi connectivity index (χ4v) is 13.2. The van der Waals surface area contributed by atoms with Gasteiger partial charge < -0.3 is 29.1 Å². The van der Waals surface area contributed by atoms with Gasteiger partial charge in [-0.3, -0.25) is 29.2 Å². The number of benzene rings is 2. The molecule has 0 atom stereocenters. The number of alkyl halides is 12. The molecular formula is C56H72Cl2F12N6O8. The number of nitrogens with zero attached hydrogens (tertiary/aromatic N) is 6. The number of carboxylic acid groups (broad SMARTS) is 1. The Morgan fingerprint density at radius 1 is 0.500 bits per heavy atom. The van der Waals surface area contributed by atoms with E-state index in [4.69, 9.17) is 27.9 Å². The van der Waals surface area contributed by atoms with E-state index in [2.05, 4.69) is 41.2 Å². The van der Waals surface area contributed by atoms with Gasteiger partial charge in [-0.2, -0.15) is 52.7 Å². The molecule has 6 aliphatic heterocycles. The first-order valence-corrected chi connectivity index (χ1v) is 28.9. The number of hydrogen-bond donors (Lipinski definition) is 1. The van der Waals surface area contributed by atoms with E-state index in [0.29, 0.717) is 87.8 Å². The molecular weight excluding hydrogens is 1180 g/mol. The molecule has 0 bridgehead atoms. The quantitative estimate of drug-likeness (QED) is 0.123. The fraction of sp³-hybridized carbons (Fsp3) is 0.714. The Kier molecular flexibility index (Phi) is 21.4. The highest BCUT2D eigenvalue weighted by molar-refractivity contribution is 6.31. The van der Waals surface area contributed by atoms with Gasteiger partial charge in [0.1, 0.15) is 5.60 Å². The summed E-state index contributed by atoms with van der Waals surface area (Å²) >= 11 is 12.9. The van der Waals surface area contributed by atoms with Gasteiger partial charge in [-0.25, -0.2) is 9.59 Å². The van der Waals surface area contributed by atoms with Crippen LogP contribution < -0.4 is 0 Å². The highest BCUT2D eigenvalue weighted by atomic mass is 35.5. The lowest BCUT2D eigenvalue weighted by molar-refractivity contribution is -0.309. The summed E-state index contributed by atoms with van der Waals surface area (Å²) in [4.78, 5) is 59.0. The normalized spacial score (nSPS) is 21.1. The van der Waals surface area contributed by atoms with Crippen molar-refractivity contribution in [1.29, 1.82) is 0 Å². The molecule has 0 radical (unpaired) electrons. The molecule has 6 aliphatic rings. The van der Waals surface area contributed by atoms with Crippen molar-refractivity contribution in [3.63, 3.8) is 0 Å². The van der Waals surface area contributed by atoms with Crippen molar-refractivity contribution < 1.29 is 91.2 Å². The van der Waals surface area contributed by atoms with Crippen LogP contribution in [0.3, 0.4) is 0 Å². The molecule has 6 fully saturated rings. The lowest BCUT2D eigenvalue weighted by Crippen LogP contribution is -2.54. The standard InChI is InChI=1S/C30H40ClF6N3O4.C26H32ClF6N3O4/c1-27(2,3)44-24(41)22-5-11-38(12-6-22)18-20-15-21(17-23(31)16-20)19-40-10-4-7-28(40)8-13-39(14-9-28)26(42)43-25(29(32,33)34)30(35,36)37;27-20-13-17(15-34-8-2-19(3-9-34)21(37)38)12-18(14-20)16-36-7-1-4-24(36)5-10-35(11-6-24)23(39)40-22(25(28,29)30)26(31,32)33/h15-17,22,25H,4-14,18-19H2,1-3H3;12-14,19,22H,1-11,15-16H2,(H,37,38). The third-order valence-electron chi connectivity index (χ3n) is 16.9. The molecule has 14 nitrogen and oxygen atoms in total. The number of carbonyl (C=O) groups is 4. The maximum atomic E-state index is 12.9. The van der Waals surface area contributed by atoms with Crippen LogP contribution in [-0.4, -0.2) is 178 Å². The van der Waals surface area contributed by atoms with Crippen LogP contribution in [-0.2, 0) is 50.0 Å². The van der Waals surface area contributed by atoms with Crippen molar-refractivity contribution in [2.75, 3.05) is 65.4 Å². The first-order chi connectivity index (χ1) is 39.0. The Hall–Kier alpha value is -4.50. The second-order valence-corrected chi connectivity index (χ2v) is 24.9. The summed E-state index contributed by atoms with van der Waals surface area (Å²) in [6, 6.07) is 11.7. The molecule has 6 saturated heterocycles. The average Bonchev–Trinajstić information content (AvgIpc) is 4.12. The maximum absolute atomic E-state index is 12.9. The number of amides is 2. The Bertz CT molecular complexity index is 2560. The van der Waals surface area contributed by atoms with Gasteiger partial charge in [-0.05, 0) is 184 Å². The minimum atomic E-state index is -5.75. The molecule has 28 heteroatoms. The minimum Gasteiger partial charge on any atom is -0.481 e. The molecule has 0 aliphatic carbocycles. The Morgan fingerprint density at radius 2 is 0.821 bits per heavy atom. The Morgan fingerprint density at radius 3 is 1.13 bits per heavy atom. The molecule has 0 saturated carbocycles. The summed E-state index contributed by atoms with van der Waals surface area (Å²) in [5.74, 6) is -1.35. The number of likely N-dealkylation sites (tertiary alicyclic amines) is 6. The van der Waals surface area contributed by atoms with Crippen molar-refractivity contribution in [3.05, 3.63) is 68.7 Å². The van der Waals surface area contributed by atoms with E-state index in [0.717, 1.165) is 96.8 Å². The summed E-state index contributed by atoms with van der Waals surface area (Å²) in [6.45, 7) is 12.4. The van der Waals surface area contributed by atoms with E-state index in [-0.39, 0.29) is 55.1 Å². The second kappa shape index (κ2) is 26.9. The largest absolute Gasteiger partial charge is 0.481 e. The van der Waals surface area contributed by atoms with Gasteiger partial charge in [0.2, 0.25) is 0 Å². The number of esters is 1. The summed E-state index contributed by atoms with van der Waals surface area (Å²) in [6.07, 6.45) is -26.9. The molecule has 8 rings (SSSR count). The van der Waals surface area contributed by atoms with Crippen LogP contribution in [0.25, 0.3) is 0 Å². The number of piperidine rings is 4. The first kappa shape index (κ1) is 67.0. The molecule has 2 spiro atoms. The first-order valence-electron chi connectivity index (χ1n) is 28.2. The van der Waals surface area contributed by atoms with E-state index in [1.54, 1.807) is 0 Å². The van der Waals surface area contributed by atoms with Crippen LogP contribution in [0.5, 0.6) is 0 Å². The van der Waals surface area contributed by atoms with E-state index >= 15 is 0 Å². The lowest BCUT2D eigenvalue weighted by Gasteiger charge is -2.45. The maximum Gasteiger partial charge on any atom is 0.434 e. The second-order valence-electron chi connectivity index (χ2n) is 24.1. The zero-order chi connectivity index (χ0) is 61.8. The van der Waals surface area contributed by atoms with Gasteiger partial charge in [0, 0.05) is 73.5 Å². The van der Waals surface area contributed by atoms with Crippen molar-refractivity contribution in [1.82, 2.24) is 29.4 Å². The van der Waals surface area contributed by atoms with E-state index < -0.39 is 60.7 Å². The topological polar surface area (TPSA) is 136 Å². The smallest absolute Gasteiger partial charge is 0.434 e. The molecule has 2 amide bonds. The van der Waals surface area contributed by atoms with E-state index in [1.807, 2.05) is 45.0 Å². The minimum absolute atomic E-state index is 0.00217. The fourth-order valence-electron chi connectivity index (χ4n) is 12.6. The number of aliphatic carboxylic acids is 1. The van der Waals surface area contributed by atoms with E-state index in [9.17, 15) is 77.0 Å². The van der Waals surface area contributed by atoms with E-state index in [1.165, 1.54) is 0 Å². The summed E-state index contributed by atoms with van der Waals surface area (Å²) in [7, 11) is 0. The van der Waals surface area contributed by atoms with Crippen molar-refractivity contribution in [2.45, 2.75) is 178 Å². The van der Waals surface area contributed by atoms with Crippen LogP contribution in [0.2, 0.25) is 10.0 Å². The van der Waals surface area contributed by atoms with Crippen LogP contribution in [0.4, 0.5) is 62.3 Å². The van der Waals surface area contributed by atoms with Gasteiger partial charge in [0.05, 0.1) is 11.8 Å². The summed E-state index contributed by atoms with van der Waals surface area (Å²) < 4.78 is 167. The van der Waals surface area contributed by atoms with Gasteiger partial charge in [0.15, 0.2) is 0 Å². The zero-order valence-corrected chi connectivity index (χ0v) is 48.4. The van der Waals surface area contributed by atoms with Crippen molar-refractivity contribution in [2.24, 2.45) is 11.8 Å². The van der Waals surface area contributed by atoms with Crippen LogP contribution in [0.1, 0.15) is 120 Å². The SMILES string of the molecule is CC(C)(C)OC(=O)C1CCN(Cc2cc(Cl)cc(CN3CCCC34CCN(C(=O)OC(C(F)(F)F)C(F)(F)F)CC4)c2)CC1.O=C(O)C1CCN(Cc2cc(Cl)cc(CN3CCCC34CCN(C(=O)OC(C(F)(F)F)C(F)(F)F)CC4)c2)CC1. The molecule has 6 heterocycles. The van der Waals surface area contributed by atoms with Gasteiger partial charge in [0.25, 0.3) is 12.2 Å². The number of carbonyl (C=O) groups excluding carboxylic acids is 3. The van der Waals surface area contributed by atoms with Crippen LogP contribution >= 0.6 is 23.2 Å². The molecule has 2 aromatic carbocycles. The van der Waals surface area contributed by atoms with Crippen LogP contribution in [0, 0.1) is 11.8 Å². The highest BCUT2D eigenvalue weighted by Crippen LogP contribution is 2.44. The average molecular weight is 1260 g/mol. The molecule has 0 unspecified atom stereocenters. The highest BCUT2D eigenvalue weighted by Gasteiger charge is 2.62. The molecule has 2 aromatic rings. The van der Waals surface area contributed by atoms with Crippen molar-refractivity contribution >= 4 is 47.3 Å². The molecule has 472 valence electrons. The zero-order valence-electron chi connectivity index (χ0n) is 46.9. The number of hydrogen-bond acceptors (Lipinski definition) is 11. The number of ether oxygens (including phenoxy) is 3. The van der Waals surface area contributed by atoms with Gasteiger partial charge in [-0.1, -0.05) is 35.3 Å². The number of halogens is 14. The predicted molar refractivity (Wildman–Crippen MR) is 284 cm³/mol. The summed E-state index contributed by atoms with van der Waals surface area (Å²) in [5, 5.41) is 10.4. The van der Waals surface area contributed by atoms with Gasteiger partial charge >= 0.3 is 48.8 Å². The Balaban J connectivity index is 0.000000242. The summed E-state index contributed by atoms with van der Waals surface area (Å²) in [5.41, 5.74) is 2.85. The molecule has 0 aromatic heterocycles. The third-order valence-corrected chi connectivity index (χ3v) is 17.3. The van der Waals surface area contributed by atoms with Gasteiger partial charge in [-0.15, -0.1) is 0 Å². The number of carboxylic acids is 1. The monoisotopic (exact) mass is 1250 g/mol. The molecule has 1 N–H and O–H groups in total. The predicted octanol–water partition coefficient (Wildman–Crippen LogP) is 12.7. The number of rotatable bonds is 12. The lowest BCUT2D eigenvalue weighted by atomic mass is 9.85. The molecule has 84 heavy (non-hydrogen) atoms. The van der Waals surface area contributed by atoms with Crippen molar-refractivity contribution in [3.8, 4) is 0 Å².